The molecule has 3 unspecified atom stereocenters. The lowest BCUT2D eigenvalue weighted by Gasteiger charge is -2.35. The Hall–Kier alpha value is -2.63. The van der Waals surface area contributed by atoms with Crippen LogP contribution in [-0.2, 0) is 0 Å². The molecule has 6 heteroatoms. The van der Waals surface area contributed by atoms with E-state index < -0.39 is 0 Å². The fraction of sp³-hybridized carbons (Fsp3) is 0.476. The minimum Gasteiger partial charge on any atom is -0.462 e. The Bertz CT molecular complexity index is 850. The molecule has 2 N–H and O–H groups in total. The second-order valence-corrected chi connectivity index (χ2v) is 7.58. The van der Waals surface area contributed by atoms with Crippen molar-refractivity contribution in [2.45, 2.75) is 46.2 Å². The largest absolute Gasteiger partial charge is 0.462 e. The van der Waals surface area contributed by atoms with Crippen LogP contribution in [0, 0.1) is 11.8 Å². The normalized spacial score (nSPS) is 23.8. The Morgan fingerprint density at radius 1 is 1.19 bits per heavy atom. The molecule has 142 valence electrons. The predicted molar refractivity (Wildman–Crippen MR) is 108 cm³/mol. The summed E-state index contributed by atoms with van der Waals surface area (Å²) < 4.78 is 5.61. The van der Waals surface area contributed by atoms with Gasteiger partial charge >= 0.3 is 6.01 Å². The van der Waals surface area contributed by atoms with E-state index in [4.69, 9.17) is 4.74 Å². The number of nitrogens with one attached hydrogen (secondary N) is 2. The summed E-state index contributed by atoms with van der Waals surface area (Å²) in [6, 6.07) is 8.54. The highest BCUT2D eigenvalue weighted by molar-refractivity contribution is 5.84. The summed E-state index contributed by atoms with van der Waals surface area (Å²) in [6.07, 6.45) is 5.52. The summed E-state index contributed by atoms with van der Waals surface area (Å²) in [4.78, 5) is 4.63. The summed E-state index contributed by atoms with van der Waals surface area (Å²) in [5.41, 5.74) is 4.32. The van der Waals surface area contributed by atoms with E-state index in [9.17, 15) is 0 Å². The Labute approximate surface area is 160 Å². The second-order valence-electron chi connectivity index (χ2n) is 7.58. The predicted octanol–water partition coefficient (Wildman–Crippen LogP) is 4.48. The molecule has 6 nitrogen and oxygen atoms in total. The maximum Gasteiger partial charge on any atom is 0.337 e. The third kappa shape index (κ3) is 3.61. The Balaban J connectivity index is 1.72. The minimum atomic E-state index is 0.0717. The van der Waals surface area contributed by atoms with Gasteiger partial charge in [-0.3, -0.25) is 0 Å². The zero-order valence-electron chi connectivity index (χ0n) is 16.2. The molecular formula is C21H27N5O. The van der Waals surface area contributed by atoms with Gasteiger partial charge in [0.05, 0.1) is 6.61 Å². The van der Waals surface area contributed by atoms with Crippen molar-refractivity contribution in [2.24, 2.45) is 11.8 Å². The van der Waals surface area contributed by atoms with E-state index in [0.29, 0.717) is 24.5 Å². The first kappa shape index (κ1) is 17.8. The van der Waals surface area contributed by atoms with E-state index in [1.165, 1.54) is 5.57 Å². The van der Waals surface area contributed by atoms with Crippen LogP contribution in [0.4, 0.5) is 11.5 Å². The smallest absolute Gasteiger partial charge is 0.337 e. The Morgan fingerprint density at radius 2 is 2.04 bits per heavy atom. The van der Waals surface area contributed by atoms with Gasteiger partial charge in [-0.1, -0.05) is 48.8 Å². The van der Waals surface area contributed by atoms with Gasteiger partial charge in [0.25, 0.3) is 0 Å². The highest BCUT2D eigenvalue weighted by Crippen LogP contribution is 2.39. The maximum atomic E-state index is 5.61. The molecule has 3 atom stereocenters. The van der Waals surface area contributed by atoms with Crippen molar-refractivity contribution in [3.63, 3.8) is 0 Å². The van der Waals surface area contributed by atoms with Crippen molar-refractivity contribution >= 4 is 11.5 Å². The molecule has 1 aromatic carbocycles. The molecule has 1 aromatic heterocycles. The van der Waals surface area contributed by atoms with Gasteiger partial charge in [0, 0.05) is 17.2 Å². The molecule has 0 fully saturated rings. The van der Waals surface area contributed by atoms with Gasteiger partial charge in [0.2, 0.25) is 0 Å². The standard InChI is InChI=1S/C21H27N5O/c1-4-11-27-21-24-20-18(25-26-21)16-7-5-6-8-17(16)22-19(23-20)15-10-9-13(2)12-14(15)3/h5-9,14-15,19,22H,4,10-12H2,1-3H3,(H,23,24,26). The molecule has 2 aromatic rings. The number of fused-ring (bicyclic) bond motifs is 3. The van der Waals surface area contributed by atoms with Gasteiger partial charge in [0.15, 0.2) is 5.82 Å². The van der Waals surface area contributed by atoms with E-state index in [0.717, 1.165) is 42.0 Å². The molecule has 1 aliphatic heterocycles. The number of nitrogens with zero attached hydrogens (tertiary/aromatic N) is 3. The molecule has 0 amide bonds. The molecule has 0 spiro atoms. The van der Waals surface area contributed by atoms with Gasteiger partial charge in [0.1, 0.15) is 11.9 Å². The van der Waals surface area contributed by atoms with Crippen LogP contribution < -0.4 is 15.4 Å². The summed E-state index contributed by atoms with van der Waals surface area (Å²) in [5.74, 6) is 1.78. The molecule has 0 saturated carbocycles. The van der Waals surface area contributed by atoms with E-state index in [-0.39, 0.29) is 6.17 Å². The third-order valence-corrected chi connectivity index (χ3v) is 5.43. The number of benzene rings is 1. The first-order valence-corrected chi connectivity index (χ1v) is 9.81. The summed E-state index contributed by atoms with van der Waals surface area (Å²) in [5, 5.41) is 15.9. The molecule has 1 aliphatic carbocycles. The molecule has 2 heterocycles. The van der Waals surface area contributed by atoms with Crippen molar-refractivity contribution in [3.05, 3.63) is 35.9 Å². The van der Waals surface area contributed by atoms with Crippen LogP contribution in [0.1, 0.15) is 40.0 Å². The molecule has 2 aliphatic rings. The van der Waals surface area contributed by atoms with Crippen molar-refractivity contribution < 1.29 is 4.74 Å². The fourth-order valence-corrected chi connectivity index (χ4v) is 4.00. The zero-order valence-corrected chi connectivity index (χ0v) is 16.2. The van der Waals surface area contributed by atoms with Gasteiger partial charge < -0.3 is 15.4 Å². The van der Waals surface area contributed by atoms with Crippen molar-refractivity contribution in [2.75, 3.05) is 17.2 Å². The Morgan fingerprint density at radius 3 is 2.85 bits per heavy atom. The summed E-state index contributed by atoms with van der Waals surface area (Å²) >= 11 is 0. The summed E-state index contributed by atoms with van der Waals surface area (Å²) in [7, 11) is 0. The van der Waals surface area contributed by atoms with E-state index in [1.54, 1.807) is 0 Å². The highest BCUT2D eigenvalue weighted by atomic mass is 16.5. The molecular weight excluding hydrogens is 338 g/mol. The molecule has 4 rings (SSSR count). The molecule has 27 heavy (non-hydrogen) atoms. The monoisotopic (exact) mass is 365 g/mol. The number of allylic oxidation sites excluding steroid dienone is 2. The van der Waals surface area contributed by atoms with Gasteiger partial charge in [-0.05, 0) is 38.2 Å². The lowest BCUT2D eigenvalue weighted by atomic mass is 9.79. The first-order valence-electron chi connectivity index (χ1n) is 9.81. The van der Waals surface area contributed by atoms with Gasteiger partial charge in [-0.2, -0.15) is 4.98 Å². The van der Waals surface area contributed by atoms with Gasteiger partial charge in [-0.25, -0.2) is 0 Å². The summed E-state index contributed by atoms with van der Waals surface area (Å²) in [6.45, 7) is 7.20. The van der Waals surface area contributed by atoms with Crippen LogP contribution in [0.3, 0.4) is 0 Å². The van der Waals surface area contributed by atoms with Crippen molar-refractivity contribution in [1.82, 2.24) is 15.2 Å². The molecule has 0 radical (unpaired) electrons. The number of ether oxygens (including phenoxy) is 1. The first-order chi connectivity index (χ1) is 13.2. The SMILES string of the molecule is CCCOc1nnc2c(n1)NC(C1CC=C(C)CC1C)Nc1ccccc1-2. The highest BCUT2D eigenvalue weighted by Gasteiger charge is 2.32. The zero-order chi connectivity index (χ0) is 18.8. The number of anilines is 2. The van der Waals surface area contributed by atoms with E-state index in [1.807, 2.05) is 12.1 Å². The third-order valence-electron chi connectivity index (χ3n) is 5.43. The maximum absolute atomic E-state index is 5.61. The lowest BCUT2D eigenvalue weighted by Crippen LogP contribution is -2.40. The van der Waals surface area contributed by atoms with Crippen molar-refractivity contribution in [1.29, 1.82) is 0 Å². The van der Waals surface area contributed by atoms with Gasteiger partial charge in [-0.15, -0.1) is 5.10 Å². The fourth-order valence-electron chi connectivity index (χ4n) is 4.00. The minimum absolute atomic E-state index is 0.0717. The van der Waals surface area contributed by atoms with Crippen LogP contribution in [0.5, 0.6) is 6.01 Å². The average molecular weight is 365 g/mol. The number of hydrogen-bond donors (Lipinski definition) is 2. The number of para-hydroxylation sites is 1. The Kier molecular flexibility index (Phi) is 4.97. The number of hydrogen-bond acceptors (Lipinski definition) is 6. The van der Waals surface area contributed by atoms with Crippen LogP contribution in [-0.4, -0.2) is 28.0 Å². The number of aromatic nitrogens is 3. The number of rotatable bonds is 4. The average Bonchev–Trinajstić information content (AvgIpc) is 2.82. The van der Waals surface area contributed by atoms with Crippen LogP contribution in [0.15, 0.2) is 35.9 Å². The van der Waals surface area contributed by atoms with Crippen LogP contribution in [0.25, 0.3) is 11.3 Å². The lowest BCUT2D eigenvalue weighted by molar-refractivity contribution is 0.288. The van der Waals surface area contributed by atoms with Crippen LogP contribution in [0.2, 0.25) is 0 Å². The molecule has 0 bridgehead atoms. The van der Waals surface area contributed by atoms with E-state index in [2.05, 4.69) is 64.8 Å². The van der Waals surface area contributed by atoms with E-state index >= 15 is 0 Å². The topological polar surface area (TPSA) is 72.0 Å². The second kappa shape index (κ2) is 7.55. The molecule has 0 saturated heterocycles. The quantitative estimate of drug-likeness (QED) is 0.778. The van der Waals surface area contributed by atoms with Crippen molar-refractivity contribution in [3.8, 4) is 17.3 Å². The van der Waals surface area contributed by atoms with Crippen LogP contribution >= 0.6 is 0 Å².